The zero-order valence-electron chi connectivity index (χ0n) is 14.8. The van der Waals surface area contributed by atoms with Crippen LogP contribution in [0.25, 0.3) is 0 Å². The van der Waals surface area contributed by atoms with E-state index in [2.05, 4.69) is 0 Å². The molecule has 148 valence electrons. The van der Waals surface area contributed by atoms with Crippen molar-refractivity contribution in [3.63, 3.8) is 0 Å². The molecule has 4 nitrogen and oxygen atoms in total. The van der Waals surface area contributed by atoms with Gasteiger partial charge in [-0.25, -0.2) is 17.6 Å². The molecule has 1 heterocycles. The van der Waals surface area contributed by atoms with Gasteiger partial charge in [0.1, 0.15) is 0 Å². The van der Waals surface area contributed by atoms with E-state index in [-0.39, 0.29) is 19.4 Å². The molecule has 1 fully saturated rings. The number of hydrogen-bond acceptors (Lipinski definition) is 3. The predicted molar refractivity (Wildman–Crippen MR) is 91.0 cm³/mol. The summed E-state index contributed by atoms with van der Waals surface area (Å²) in [5.41, 5.74) is -0.114. The topological polar surface area (TPSA) is 38.8 Å². The first-order valence-corrected chi connectivity index (χ1v) is 8.98. The van der Waals surface area contributed by atoms with E-state index in [0.29, 0.717) is 36.0 Å². The summed E-state index contributed by atoms with van der Waals surface area (Å²) in [7, 11) is 0. The second-order valence-electron chi connectivity index (χ2n) is 6.91. The van der Waals surface area contributed by atoms with E-state index < -0.39 is 34.7 Å². The van der Waals surface area contributed by atoms with Gasteiger partial charge in [0.2, 0.25) is 6.79 Å². The molecule has 2 aromatic rings. The van der Waals surface area contributed by atoms with E-state index in [1.807, 2.05) is 0 Å². The zero-order valence-corrected chi connectivity index (χ0v) is 14.8. The Morgan fingerprint density at radius 2 is 1.68 bits per heavy atom. The largest absolute Gasteiger partial charge is 0.454 e. The summed E-state index contributed by atoms with van der Waals surface area (Å²) < 4.78 is 65.3. The van der Waals surface area contributed by atoms with Crippen LogP contribution in [0, 0.1) is 23.3 Å². The van der Waals surface area contributed by atoms with Crippen LogP contribution in [-0.2, 0) is 6.54 Å². The third kappa shape index (κ3) is 3.27. The van der Waals surface area contributed by atoms with Gasteiger partial charge in [-0.15, -0.1) is 0 Å². The van der Waals surface area contributed by atoms with Gasteiger partial charge in [-0.1, -0.05) is 18.9 Å². The molecule has 2 aromatic carbocycles. The minimum absolute atomic E-state index is 0.0974. The SMILES string of the molecule is O=C(c1cc(F)c(F)c(F)c1F)N(Cc1ccc2c(c1)OCO2)C1CCCC1. The number of hydrogen-bond donors (Lipinski definition) is 0. The average molecular weight is 395 g/mol. The van der Waals surface area contributed by atoms with Gasteiger partial charge in [0.15, 0.2) is 34.8 Å². The number of nitrogens with zero attached hydrogens (tertiary/aromatic N) is 1. The maximum Gasteiger partial charge on any atom is 0.257 e. The first kappa shape index (κ1) is 18.6. The van der Waals surface area contributed by atoms with Crippen LogP contribution in [0.15, 0.2) is 24.3 Å². The summed E-state index contributed by atoms with van der Waals surface area (Å²) in [6, 6.07) is 5.36. The third-order valence-corrected chi connectivity index (χ3v) is 5.15. The summed E-state index contributed by atoms with van der Waals surface area (Å²) >= 11 is 0. The van der Waals surface area contributed by atoms with Crippen molar-refractivity contribution in [2.75, 3.05) is 6.79 Å². The van der Waals surface area contributed by atoms with Crippen molar-refractivity contribution in [2.45, 2.75) is 38.3 Å². The van der Waals surface area contributed by atoms with Crippen molar-refractivity contribution in [3.8, 4) is 11.5 Å². The molecule has 1 amide bonds. The Labute approximate surface area is 158 Å². The standard InChI is InChI=1S/C20H17F4NO3/c21-14-8-13(17(22)19(24)18(14)23)20(26)25(12-3-1-2-4-12)9-11-5-6-15-16(7-11)28-10-27-15/h5-8,12H,1-4,9-10H2. The van der Waals surface area contributed by atoms with E-state index in [0.717, 1.165) is 12.8 Å². The highest BCUT2D eigenvalue weighted by Gasteiger charge is 2.32. The first-order chi connectivity index (χ1) is 13.5. The normalized spacial score (nSPS) is 15.9. The van der Waals surface area contributed by atoms with Gasteiger partial charge in [-0.2, -0.15) is 0 Å². The Bertz CT molecular complexity index is 928. The number of rotatable bonds is 4. The molecular formula is C20H17F4NO3. The number of ether oxygens (including phenoxy) is 2. The summed E-state index contributed by atoms with van der Waals surface area (Å²) in [6.07, 6.45) is 3.18. The van der Waals surface area contributed by atoms with Gasteiger partial charge < -0.3 is 14.4 Å². The summed E-state index contributed by atoms with van der Waals surface area (Å²) in [5.74, 6) is -6.97. The fourth-order valence-electron chi connectivity index (χ4n) is 3.70. The average Bonchev–Trinajstić information content (AvgIpc) is 3.38. The lowest BCUT2D eigenvalue weighted by molar-refractivity contribution is 0.0657. The van der Waals surface area contributed by atoms with Crippen molar-refractivity contribution >= 4 is 5.91 Å². The van der Waals surface area contributed by atoms with Gasteiger partial charge in [0, 0.05) is 12.6 Å². The number of amides is 1. The van der Waals surface area contributed by atoms with E-state index in [1.54, 1.807) is 18.2 Å². The Morgan fingerprint density at radius 1 is 0.964 bits per heavy atom. The second-order valence-corrected chi connectivity index (χ2v) is 6.91. The summed E-state index contributed by atoms with van der Waals surface area (Å²) in [6.45, 7) is 0.198. The van der Waals surface area contributed by atoms with Gasteiger partial charge in [0.05, 0.1) is 5.56 Å². The van der Waals surface area contributed by atoms with Crippen LogP contribution in [-0.4, -0.2) is 23.6 Å². The van der Waals surface area contributed by atoms with Crippen LogP contribution in [0.4, 0.5) is 17.6 Å². The number of carbonyl (C=O) groups excluding carboxylic acids is 1. The molecule has 0 aromatic heterocycles. The Kier molecular flexibility index (Phi) is 4.87. The molecule has 0 radical (unpaired) electrons. The monoisotopic (exact) mass is 395 g/mol. The van der Waals surface area contributed by atoms with Gasteiger partial charge in [-0.3, -0.25) is 4.79 Å². The lowest BCUT2D eigenvalue weighted by atomic mass is 10.1. The van der Waals surface area contributed by atoms with Crippen molar-refractivity contribution in [2.24, 2.45) is 0 Å². The quantitative estimate of drug-likeness (QED) is 0.433. The number of carbonyl (C=O) groups is 1. The van der Waals surface area contributed by atoms with Gasteiger partial charge in [-0.05, 0) is 36.6 Å². The fourth-order valence-corrected chi connectivity index (χ4v) is 3.70. The fraction of sp³-hybridized carbons (Fsp3) is 0.350. The van der Waals surface area contributed by atoms with Crippen molar-refractivity contribution < 1.29 is 31.8 Å². The molecule has 0 unspecified atom stereocenters. The molecule has 0 spiro atoms. The molecule has 1 aliphatic heterocycles. The van der Waals surface area contributed by atoms with Gasteiger partial charge in [0.25, 0.3) is 5.91 Å². The smallest absolute Gasteiger partial charge is 0.257 e. The molecule has 2 aliphatic rings. The van der Waals surface area contributed by atoms with Crippen LogP contribution < -0.4 is 9.47 Å². The van der Waals surface area contributed by atoms with Crippen LogP contribution in [0.3, 0.4) is 0 Å². The number of benzene rings is 2. The highest BCUT2D eigenvalue weighted by atomic mass is 19.2. The third-order valence-electron chi connectivity index (χ3n) is 5.15. The lowest BCUT2D eigenvalue weighted by Gasteiger charge is -2.29. The van der Waals surface area contributed by atoms with E-state index >= 15 is 0 Å². The van der Waals surface area contributed by atoms with Crippen molar-refractivity contribution in [3.05, 3.63) is 58.7 Å². The summed E-state index contributed by atoms with van der Waals surface area (Å²) in [5, 5.41) is 0. The van der Waals surface area contributed by atoms with Crippen molar-refractivity contribution in [1.29, 1.82) is 0 Å². The molecule has 28 heavy (non-hydrogen) atoms. The van der Waals surface area contributed by atoms with Crippen LogP contribution in [0.2, 0.25) is 0 Å². The minimum atomic E-state index is -1.99. The highest BCUT2D eigenvalue weighted by molar-refractivity contribution is 5.94. The van der Waals surface area contributed by atoms with Gasteiger partial charge >= 0.3 is 0 Å². The minimum Gasteiger partial charge on any atom is -0.454 e. The zero-order chi connectivity index (χ0) is 19.8. The van der Waals surface area contributed by atoms with E-state index in [1.165, 1.54) is 4.90 Å². The molecular weight excluding hydrogens is 378 g/mol. The van der Waals surface area contributed by atoms with Crippen LogP contribution in [0.1, 0.15) is 41.6 Å². The highest BCUT2D eigenvalue weighted by Crippen LogP contribution is 2.34. The number of fused-ring (bicyclic) bond motifs is 1. The molecule has 0 atom stereocenters. The molecule has 8 heteroatoms. The lowest BCUT2D eigenvalue weighted by Crippen LogP contribution is -2.39. The second kappa shape index (κ2) is 7.33. The van der Waals surface area contributed by atoms with Crippen LogP contribution >= 0.6 is 0 Å². The molecule has 0 N–H and O–H groups in total. The summed E-state index contributed by atoms with van der Waals surface area (Å²) in [4.78, 5) is 14.4. The maximum atomic E-state index is 14.2. The first-order valence-electron chi connectivity index (χ1n) is 8.98. The molecule has 0 saturated heterocycles. The molecule has 1 aliphatic carbocycles. The molecule has 4 rings (SSSR count). The molecule has 0 bridgehead atoms. The Hall–Kier alpha value is -2.77. The van der Waals surface area contributed by atoms with E-state index in [9.17, 15) is 22.4 Å². The van der Waals surface area contributed by atoms with Crippen molar-refractivity contribution in [1.82, 2.24) is 4.90 Å². The van der Waals surface area contributed by atoms with Crippen LogP contribution in [0.5, 0.6) is 11.5 Å². The Balaban J connectivity index is 1.68. The maximum absolute atomic E-state index is 14.2. The molecule has 1 saturated carbocycles. The Morgan fingerprint density at radius 3 is 2.43 bits per heavy atom. The number of halogens is 4. The predicted octanol–water partition coefficient (Wildman–Crippen LogP) is 4.56. The van der Waals surface area contributed by atoms with E-state index in [4.69, 9.17) is 9.47 Å².